The molecule has 2 fully saturated rings. The highest BCUT2D eigenvalue weighted by molar-refractivity contribution is 6.31. The van der Waals surface area contributed by atoms with Crippen LogP contribution in [0.3, 0.4) is 0 Å². The molecule has 0 saturated heterocycles. The maximum atomic E-state index is 12.6. The SMILES string of the molecule is C[C@H](NC(=O)COc1ncc(C(F)(F)F)cc1Cl)[C@@H]1C[C@H]2CC[C@H]1C2. The first-order chi connectivity index (χ1) is 11.7. The number of halogens is 4. The van der Waals surface area contributed by atoms with E-state index in [9.17, 15) is 18.0 Å². The minimum Gasteiger partial charge on any atom is -0.467 e. The predicted octanol–water partition coefficient (Wildman–Crippen LogP) is 4.07. The van der Waals surface area contributed by atoms with E-state index < -0.39 is 11.7 Å². The average molecular weight is 377 g/mol. The van der Waals surface area contributed by atoms with Crippen LogP contribution in [0.5, 0.6) is 5.88 Å². The van der Waals surface area contributed by atoms with Crippen LogP contribution in [-0.2, 0) is 11.0 Å². The quantitative estimate of drug-likeness (QED) is 0.842. The Kier molecular flexibility index (Phi) is 5.14. The van der Waals surface area contributed by atoms with Gasteiger partial charge in [-0.15, -0.1) is 0 Å². The van der Waals surface area contributed by atoms with E-state index in [-0.39, 0.29) is 29.5 Å². The van der Waals surface area contributed by atoms with Crippen LogP contribution in [0.25, 0.3) is 0 Å². The summed E-state index contributed by atoms with van der Waals surface area (Å²) in [6, 6.07) is 0.794. The molecule has 1 heterocycles. The molecule has 0 spiro atoms. The van der Waals surface area contributed by atoms with Crippen LogP contribution in [0, 0.1) is 17.8 Å². The molecule has 2 bridgehead atoms. The van der Waals surface area contributed by atoms with Crippen molar-refractivity contribution in [3.05, 3.63) is 22.8 Å². The Balaban J connectivity index is 1.50. The lowest BCUT2D eigenvalue weighted by atomic mass is 9.84. The molecule has 25 heavy (non-hydrogen) atoms. The summed E-state index contributed by atoms with van der Waals surface area (Å²) in [5, 5.41) is 2.64. The lowest BCUT2D eigenvalue weighted by Gasteiger charge is -2.28. The highest BCUT2D eigenvalue weighted by Crippen LogP contribution is 2.49. The second-order valence-corrected chi connectivity index (χ2v) is 7.40. The third kappa shape index (κ3) is 4.19. The summed E-state index contributed by atoms with van der Waals surface area (Å²) < 4.78 is 42.9. The molecule has 8 heteroatoms. The zero-order valence-corrected chi connectivity index (χ0v) is 14.5. The Morgan fingerprint density at radius 2 is 2.20 bits per heavy atom. The van der Waals surface area contributed by atoms with Gasteiger partial charge in [-0.2, -0.15) is 13.2 Å². The van der Waals surface area contributed by atoms with Crippen molar-refractivity contribution in [1.29, 1.82) is 0 Å². The number of pyridine rings is 1. The van der Waals surface area contributed by atoms with Crippen molar-refractivity contribution in [3.63, 3.8) is 0 Å². The average Bonchev–Trinajstić information content (AvgIpc) is 3.15. The molecule has 0 unspecified atom stereocenters. The lowest BCUT2D eigenvalue weighted by Crippen LogP contribution is -2.42. The first-order valence-electron chi connectivity index (χ1n) is 8.39. The van der Waals surface area contributed by atoms with Gasteiger partial charge in [0.05, 0.1) is 5.56 Å². The van der Waals surface area contributed by atoms with Gasteiger partial charge in [0.2, 0.25) is 5.88 Å². The standard InChI is InChI=1S/C17H20ClF3N2O2/c1-9(13-5-10-2-3-11(13)4-10)23-15(24)8-25-16-14(18)6-12(7-22-16)17(19,20)21/h6-7,9-11,13H,2-5,8H2,1H3,(H,23,24)/t9-,10-,11-,13-/m0/s1. The van der Waals surface area contributed by atoms with Gasteiger partial charge >= 0.3 is 6.18 Å². The number of carbonyl (C=O) groups excluding carboxylic acids is 1. The molecule has 2 saturated carbocycles. The van der Waals surface area contributed by atoms with Crippen molar-refractivity contribution in [2.24, 2.45) is 17.8 Å². The molecule has 0 aliphatic heterocycles. The summed E-state index contributed by atoms with van der Waals surface area (Å²) in [7, 11) is 0. The fourth-order valence-corrected chi connectivity index (χ4v) is 4.35. The molecule has 3 rings (SSSR count). The van der Waals surface area contributed by atoms with Gasteiger partial charge in [0.1, 0.15) is 5.02 Å². The van der Waals surface area contributed by atoms with Gasteiger partial charge in [-0.1, -0.05) is 18.0 Å². The fourth-order valence-electron chi connectivity index (χ4n) is 4.13. The van der Waals surface area contributed by atoms with E-state index in [1.165, 1.54) is 19.3 Å². The van der Waals surface area contributed by atoms with Crippen LogP contribution in [0.1, 0.15) is 38.2 Å². The summed E-state index contributed by atoms with van der Waals surface area (Å²) in [5.41, 5.74) is -0.959. The van der Waals surface area contributed by atoms with Gasteiger partial charge < -0.3 is 10.1 Å². The van der Waals surface area contributed by atoms with E-state index in [0.717, 1.165) is 18.4 Å². The lowest BCUT2D eigenvalue weighted by molar-refractivity contribution is -0.138. The zero-order valence-electron chi connectivity index (χ0n) is 13.8. The Hall–Kier alpha value is -1.50. The second kappa shape index (κ2) is 7.02. The van der Waals surface area contributed by atoms with E-state index in [0.29, 0.717) is 18.0 Å². The molecule has 2 aliphatic carbocycles. The molecule has 1 amide bonds. The maximum Gasteiger partial charge on any atom is 0.417 e. The van der Waals surface area contributed by atoms with Gasteiger partial charge in [0.15, 0.2) is 6.61 Å². The number of ether oxygens (including phenoxy) is 1. The third-order valence-electron chi connectivity index (χ3n) is 5.30. The van der Waals surface area contributed by atoms with Gasteiger partial charge in [-0.3, -0.25) is 4.79 Å². The van der Waals surface area contributed by atoms with E-state index in [4.69, 9.17) is 16.3 Å². The predicted molar refractivity (Wildman–Crippen MR) is 86.3 cm³/mol. The zero-order chi connectivity index (χ0) is 18.2. The number of aromatic nitrogens is 1. The molecular weight excluding hydrogens is 357 g/mol. The number of nitrogens with one attached hydrogen (secondary N) is 1. The monoisotopic (exact) mass is 376 g/mol. The summed E-state index contributed by atoms with van der Waals surface area (Å²) >= 11 is 5.75. The van der Waals surface area contributed by atoms with Crippen LogP contribution < -0.4 is 10.1 Å². The normalized spacial score (nSPS) is 26.5. The number of amides is 1. The Morgan fingerprint density at radius 1 is 1.44 bits per heavy atom. The summed E-state index contributed by atoms with van der Waals surface area (Å²) in [6.45, 7) is 1.66. The van der Waals surface area contributed by atoms with Crippen molar-refractivity contribution in [2.45, 2.75) is 44.8 Å². The van der Waals surface area contributed by atoms with Crippen LogP contribution in [0.2, 0.25) is 5.02 Å². The van der Waals surface area contributed by atoms with Crippen molar-refractivity contribution >= 4 is 17.5 Å². The number of hydrogen-bond acceptors (Lipinski definition) is 3. The van der Waals surface area contributed by atoms with E-state index in [2.05, 4.69) is 10.3 Å². The number of fused-ring (bicyclic) bond motifs is 2. The van der Waals surface area contributed by atoms with Gasteiger partial charge in [-0.25, -0.2) is 4.98 Å². The molecule has 1 aromatic heterocycles. The second-order valence-electron chi connectivity index (χ2n) is 6.99. The summed E-state index contributed by atoms with van der Waals surface area (Å²) in [6.07, 6.45) is 1.05. The number of nitrogens with zero attached hydrogens (tertiary/aromatic N) is 1. The van der Waals surface area contributed by atoms with Crippen LogP contribution in [-0.4, -0.2) is 23.5 Å². The highest BCUT2D eigenvalue weighted by atomic mass is 35.5. The first-order valence-corrected chi connectivity index (χ1v) is 8.76. The summed E-state index contributed by atoms with van der Waals surface area (Å²) in [4.78, 5) is 15.6. The Morgan fingerprint density at radius 3 is 2.76 bits per heavy atom. The largest absolute Gasteiger partial charge is 0.467 e. The highest BCUT2D eigenvalue weighted by Gasteiger charge is 2.42. The molecule has 138 valence electrons. The third-order valence-corrected chi connectivity index (χ3v) is 5.57. The topological polar surface area (TPSA) is 51.2 Å². The van der Waals surface area contributed by atoms with Crippen LogP contribution in [0.4, 0.5) is 13.2 Å². The van der Waals surface area contributed by atoms with Crippen molar-refractivity contribution in [2.75, 3.05) is 6.61 Å². The fraction of sp³-hybridized carbons (Fsp3) is 0.647. The van der Waals surface area contributed by atoms with Gasteiger partial charge in [-0.05, 0) is 50.0 Å². The minimum absolute atomic E-state index is 0.0578. The smallest absolute Gasteiger partial charge is 0.417 e. The van der Waals surface area contributed by atoms with Crippen molar-refractivity contribution in [1.82, 2.24) is 10.3 Å². The number of rotatable bonds is 5. The summed E-state index contributed by atoms with van der Waals surface area (Å²) in [5.74, 6) is 1.47. The van der Waals surface area contributed by atoms with Crippen LogP contribution >= 0.6 is 11.6 Å². The molecule has 4 nitrogen and oxygen atoms in total. The molecule has 0 radical (unpaired) electrons. The van der Waals surface area contributed by atoms with Crippen molar-refractivity contribution in [3.8, 4) is 5.88 Å². The molecule has 1 aromatic rings. The minimum atomic E-state index is -4.53. The first kappa shape index (κ1) is 18.3. The van der Waals surface area contributed by atoms with E-state index in [1.54, 1.807) is 0 Å². The van der Waals surface area contributed by atoms with Crippen LogP contribution in [0.15, 0.2) is 12.3 Å². The molecule has 0 aromatic carbocycles. The molecule has 1 N–H and O–H groups in total. The van der Waals surface area contributed by atoms with Gasteiger partial charge in [0.25, 0.3) is 5.91 Å². The number of alkyl halides is 3. The van der Waals surface area contributed by atoms with E-state index >= 15 is 0 Å². The maximum absolute atomic E-state index is 12.6. The number of carbonyl (C=O) groups is 1. The molecular formula is C17H20ClF3N2O2. The number of hydrogen-bond donors (Lipinski definition) is 1. The van der Waals surface area contributed by atoms with E-state index in [1.807, 2.05) is 6.92 Å². The molecule has 2 aliphatic rings. The van der Waals surface area contributed by atoms with Gasteiger partial charge in [0, 0.05) is 12.2 Å². The molecule has 4 atom stereocenters. The van der Waals surface area contributed by atoms with Crippen molar-refractivity contribution < 1.29 is 22.7 Å². The Labute approximate surface area is 149 Å². The Bertz CT molecular complexity index is 653.